The Hall–Kier alpha value is -3.10. The zero-order valence-electron chi connectivity index (χ0n) is 18.4. The summed E-state index contributed by atoms with van der Waals surface area (Å²) in [7, 11) is 0. The quantitative estimate of drug-likeness (QED) is 0.695. The molecule has 2 heterocycles. The van der Waals surface area contributed by atoms with Crippen molar-refractivity contribution in [3.63, 3.8) is 0 Å². The smallest absolute Gasteiger partial charge is 0.409 e. The molecule has 1 aliphatic carbocycles. The molecule has 0 atom stereocenters. The van der Waals surface area contributed by atoms with E-state index in [-0.39, 0.29) is 36.0 Å². The van der Waals surface area contributed by atoms with Crippen LogP contribution in [0.25, 0.3) is 0 Å². The number of amides is 5. The van der Waals surface area contributed by atoms with Crippen LogP contribution < -0.4 is 10.6 Å². The molecule has 4 rings (SSSR count). The lowest BCUT2D eigenvalue weighted by atomic mass is 9.94. The standard InChI is InChI=1S/C23H30N4O5/c1-2-32-23(31)26-12-10-15(11-13-26)24-22(30)25-16-8-9-18-19(14-16)21(29)27(20(18)28)17-6-4-3-5-7-17/h8-9,14-15,17H,2-7,10-13H2,1H3,(H2,24,25,30). The summed E-state index contributed by atoms with van der Waals surface area (Å²) in [6, 6.07) is 4.39. The van der Waals surface area contributed by atoms with Gasteiger partial charge in [-0.2, -0.15) is 0 Å². The molecule has 0 spiro atoms. The molecule has 3 aliphatic rings. The van der Waals surface area contributed by atoms with Crippen molar-refractivity contribution in [3.8, 4) is 0 Å². The molecule has 0 aromatic heterocycles. The van der Waals surface area contributed by atoms with Crippen LogP contribution in [0.3, 0.4) is 0 Å². The van der Waals surface area contributed by atoms with Gasteiger partial charge in [-0.15, -0.1) is 0 Å². The monoisotopic (exact) mass is 442 g/mol. The van der Waals surface area contributed by atoms with Crippen molar-refractivity contribution < 1.29 is 23.9 Å². The minimum absolute atomic E-state index is 0.0312. The number of carbonyl (C=O) groups is 4. The Balaban J connectivity index is 1.33. The number of anilines is 1. The van der Waals surface area contributed by atoms with Crippen LogP contribution in [-0.4, -0.2) is 65.5 Å². The summed E-state index contributed by atoms with van der Waals surface area (Å²) < 4.78 is 5.01. The second kappa shape index (κ2) is 9.58. The normalized spacial score (nSPS) is 19.7. The lowest BCUT2D eigenvalue weighted by Crippen LogP contribution is -2.47. The molecule has 0 radical (unpaired) electrons. The summed E-state index contributed by atoms with van der Waals surface area (Å²) in [6.07, 6.45) is 5.87. The van der Waals surface area contributed by atoms with E-state index in [9.17, 15) is 19.2 Å². The van der Waals surface area contributed by atoms with Crippen LogP contribution in [0.5, 0.6) is 0 Å². The highest BCUT2D eigenvalue weighted by atomic mass is 16.6. The van der Waals surface area contributed by atoms with Crippen molar-refractivity contribution in [3.05, 3.63) is 29.3 Å². The molecule has 32 heavy (non-hydrogen) atoms. The van der Waals surface area contributed by atoms with Gasteiger partial charge in [-0.1, -0.05) is 19.3 Å². The predicted molar refractivity (Wildman–Crippen MR) is 118 cm³/mol. The van der Waals surface area contributed by atoms with Gasteiger partial charge in [0.1, 0.15) is 0 Å². The number of hydrogen-bond acceptors (Lipinski definition) is 5. The van der Waals surface area contributed by atoms with E-state index < -0.39 is 0 Å². The van der Waals surface area contributed by atoms with Crippen LogP contribution in [0.4, 0.5) is 15.3 Å². The van der Waals surface area contributed by atoms with Crippen LogP contribution in [-0.2, 0) is 4.74 Å². The Labute approximate surface area is 187 Å². The van der Waals surface area contributed by atoms with Crippen molar-refractivity contribution in [2.75, 3.05) is 25.0 Å². The van der Waals surface area contributed by atoms with Crippen LogP contribution in [0.1, 0.15) is 72.6 Å². The topological polar surface area (TPSA) is 108 Å². The fourth-order valence-corrected chi connectivity index (χ4v) is 4.78. The first-order chi connectivity index (χ1) is 15.5. The van der Waals surface area contributed by atoms with Gasteiger partial charge in [0.25, 0.3) is 11.8 Å². The average Bonchev–Trinajstić information content (AvgIpc) is 3.04. The summed E-state index contributed by atoms with van der Waals surface area (Å²) >= 11 is 0. The number of nitrogens with zero attached hydrogens (tertiary/aromatic N) is 2. The molecule has 2 fully saturated rings. The summed E-state index contributed by atoms with van der Waals surface area (Å²) in [5, 5.41) is 5.68. The molecule has 2 N–H and O–H groups in total. The van der Waals surface area contributed by atoms with Crippen molar-refractivity contribution in [1.29, 1.82) is 0 Å². The summed E-state index contributed by atoms with van der Waals surface area (Å²) in [4.78, 5) is 53.0. The maximum absolute atomic E-state index is 12.9. The molecule has 5 amide bonds. The molecule has 1 aromatic rings. The molecular weight excluding hydrogens is 412 g/mol. The van der Waals surface area contributed by atoms with Gasteiger partial charge in [-0.25, -0.2) is 9.59 Å². The predicted octanol–water partition coefficient (Wildman–Crippen LogP) is 3.36. The number of rotatable bonds is 4. The van der Waals surface area contributed by atoms with E-state index in [4.69, 9.17) is 4.74 Å². The SMILES string of the molecule is CCOC(=O)N1CCC(NC(=O)Nc2ccc3c(c2)C(=O)N(C2CCCCC2)C3=O)CC1. The first-order valence-corrected chi connectivity index (χ1v) is 11.5. The highest BCUT2D eigenvalue weighted by Gasteiger charge is 2.40. The van der Waals surface area contributed by atoms with Gasteiger partial charge in [0.15, 0.2) is 0 Å². The maximum atomic E-state index is 12.9. The third kappa shape index (κ3) is 4.56. The fourth-order valence-electron chi connectivity index (χ4n) is 4.78. The molecule has 1 saturated heterocycles. The number of nitrogens with one attached hydrogen (secondary N) is 2. The second-order valence-electron chi connectivity index (χ2n) is 8.59. The Morgan fingerprint density at radius 1 is 1.00 bits per heavy atom. The number of carbonyl (C=O) groups excluding carboxylic acids is 4. The van der Waals surface area contributed by atoms with E-state index in [1.807, 2.05) is 0 Å². The summed E-state index contributed by atoms with van der Waals surface area (Å²) in [5.74, 6) is -0.506. The molecule has 9 heteroatoms. The third-order valence-electron chi connectivity index (χ3n) is 6.47. The van der Waals surface area contributed by atoms with Crippen molar-refractivity contribution >= 4 is 29.6 Å². The van der Waals surface area contributed by atoms with Crippen LogP contribution in [0.15, 0.2) is 18.2 Å². The number of likely N-dealkylation sites (tertiary alicyclic amines) is 1. The van der Waals surface area contributed by atoms with Crippen LogP contribution >= 0.6 is 0 Å². The van der Waals surface area contributed by atoms with Gasteiger partial charge in [-0.3, -0.25) is 14.5 Å². The number of imide groups is 1. The fraction of sp³-hybridized carbons (Fsp3) is 0.565. The minimum Gasteiger partial charge on any atom is -0.450 e. The molecule has 1 saturated carbocycles. The summed E-state index contributed by atoms with van der Waals surface area (Å²) in [6.45, 7) is 3.16. The largest absolute Gasteiger partial charge is 0.450 e. The van der Waals surface area contributed by atoms with Gasteiger partial charge in [0, 0.05) is 30.9 Å². The van der Waals surface area contributed by atoms with Gasteiger partial charge >= 0.3 is 12.1 Å². The molecule has 9 nitrogen and oxygen atoms in total. The highest BCUT2D eigenvalue weighted by molar-refractivity contribution is 6.22. The lowest BCUT2D eigenvalue weighted by molar-refractivity contribution is 0.0548. The van der Waals surface area contributed by atoms with Crippen LogP contribution in [0, 0.1) is 0 Å². The van der Waals surface area contributed by atoms with Crippen molar-refractivity contribution in [2.45, 2.75) is 64.0 Å². The first-order valence-electron chi connectivity index (χ1n) is 11.5. The molecule has 1 aromatic carbocycles. The van der Waals surface area contributed by atoms with E-state index in [0.29, 0.717) is 49.4 Å². The van der Waals surface area contributed by atoms with Gasteiger partial charge in [-0.05, 0) is 50.8 Å². The number of piperidine rings is 1. The number of hydrogen-bond donors (Lipinski definition) is 2. The van der Waals surface area contributed by atoms with Crippen molar-refractivity contribution in [1.82, 2.24) is 15.1 Å². The van der Waals surface area contributed by atoms with Gasteiger partial charge in [0.05, 0.1) is 17.7 Å². The van der Waals surface area contributed by atoms with E-state index >= 15 is 0 Å². The van der Waals surface area contributed by atoms with Gasteiger partial charge < -0.3 is 20.3 Å². The number of benzene rings is 1. The average molecular weight is 443 g/mol. The lowest BCUT2D eigenvalue weighted by Gasteiger charge is -2.31. The maximum Gasteiger partial charge on any atom is 0.409 e. The minimum atomic E-state index is -0.375. The zero-order chi connectivity index (χ0) is 22.7. The van der Waals surface area contributed by atoms with Crippen LogP contribution in [0.2, 0.25) is 0 Å². The Bertz CT molecular complexity index is 904. The molecule has 0 bridgehead atoms. The highest BCUT2D eigenvalue weighted by Crippen LogP contribution is 2.32. The Morgan fingerprint density at radius 3 is 2.38 bits per heavy atom. The second-order valence-corrected chi connectivity index (χ2v) is 8.59. The number of ether oxygens (including phenoxy) is 1. The summed E-state index contributed by atoms with van der Waals surface area (Å²) in [5.41, 5.74) is 1.22. The molecular formula is C23H30N4O5. The van der Waals surface area contributed by atoms with Gasteiger partial charge in [0.2, 0.25) is 0 Å². The molecule has 172 valence electrons. The Morgan fingerprint density at radius 2 is 1.69 bits per heavy atom. The van der Waals surface area contributed by atoms with E-state index in [1.165, 1.54) is 4.90 Å². The number of fused-ring (bicyclic) bond motifs is 1. The molecule has 2 aliphatic heterocycles. The van der Waals surface area contributed by atoms with E-state index in [0.717, 1.165) is 32.1 Å². The third-order valence-corrected chi connectivity index (χ3v) is 6.47. The zero-order valence-corrected chi connectivity index (χ0v) is 18.4. The van der Waals surface area contributed by atoms with E-state index in [2.05, 4.69) is 10.6 Å². The first kappa shape index (κ1) is 22.1. The van der Waals surface area contributed by atoms with E-state index in [1.54, 1.807) is 30.0 Å². The number of urea groups is 1. The Kier molecular flexibility index (Phi) is 6.62. The van der Waals surface area contributed by atoms with Crippen molar-refractivity contribution in [2.24, 2.45) is 0 Å². The molecule has 0 unspecified atom stereocenters.